The minimum Gasteiger partial charge on any atom is -0.462 e. The van der Waals surface area contributed by atoms with E-state index >= 15 is 0 Å². The summed E-state index contributed by atoms with van der Waals surface area (Å²) in [6, 6.07) is 0. The van der Waals surface area contributed by atoms with E-state index in [1.807, 2.05) is 0 Å². The van der Waals surface area contributed by atoms with Crippen molar-refractivity contribution in [3.8, 4) is 0 Å². The average molecular weight is 1530 g/mol. The molecule has 0 aromatic rings. The van der Waals surface area contributed by atoms with E-state index in [1.165, 1.54) is 257 Å². The molecule has 0 amide bonds. The van der Waals surface area contributed by atoms with E-state index in [1.54, 1.807) is 0 Å². The molecule has 0 aliphatic heterocycles. The quantitative estimate of drug-likeness (QED) is 0.0169. The molecule has 0 aromatic heterocycles. The third-order valence-electron chi connectivity index (χ3n) is 19.7. The Morgan fingerprint density at radius 1 is 0.267 bits per heavy atom. The molecule has 0 fully saturated rings. The topological polar surface area (TPSA) is 237 Å². The van der Waals surface area contributed by atoms with Crippen LogP contribution in [0.1, 0.15) is 445 Å². The minimum atomic E-state index is -4.97. The van der Waals surface area contributed by atoms with Gasteiger partial charge in [-0.05, 0) is 51.4 Å². The van der Waals surface area contributed by atoms with Crippen LogP contribution in [0.15, 0.2) is 24.3 Å². The van der Waals surface area contributed by atoms with Crippen LogP contribution in [-0.2, 0) is 65.4 Å². The van der Waals surface area contributed by atoms with Gasteiger partial charge in [-0.2, -0.15) is 0 Å². The number of esters is 4. The summed E-state index contributed by atoms with van der Waals surface area (Å²) in [6.45, 7) is 4.95. The molecular weight excluding hydrogens is 1370 g/mol. The molecule has 2 unspecified atom stereocenters. The number of hydrogen-bond acceptors (Lipinski definition) is 15. The second-order valence-corrected chi connectivity index (χ2v) is 33.1. The highest BCUT2D eigenvalue weighted by Crippen LogP contribution is 2.45. The van der Waals surface area contributed by atoms with E-state index in [0.717, 1.165) is 109 Å². The van der Waals surface area contributed by atoms with Crippen molar-refractivity contribution in [3.63, 3.8) is 0 Å². The summed E-state index contributed by atoms with van der Waals surface area (Å²) in [5.74, 6) is -2.13. The predicted octanol–water partition coefficient (Wildman–Crippen LogP) is 26.1. The highest BCUT2D eigenvalue weighted by Gasteiger charge is 2.30. The summed E-state index contributed by atoms with van der Waals surface area (Å²) in [5.41, 5.74) is 0. The minimum absolute atomic E-state index is 0.0855. The Morgan fingerprint density at radius 2 is 0.457 bits per heavy atom. The number of aliphatic hydroxyl groups excluding tert-OH is 1. The normalized spacial score (nSPS) is 13.9. The van der Waals surface area contributed by atoms with Gasteiger partial charge in [0.1, 0.15) is 19.3 Å². The second kappa shape index (κ2) is 79.6. The van der Waals surface area contributed by atoms with Crippen molar-refractivity contribution in [3.05, 3.63) is 24.3 Å². The van der Waals surface area contributed by atoms with Crippen LogP contribution in [0.25, 0.3) is 0 Å². The van der Waals surface area contributed by atoms with Crippen molar-refractivity contribution in [2.45, 2.75) is 463 Å². The molecule has 0 heterocycles. The van der Waals surface area contributed by atoms with Gasteiger partial charge in [0.2, 0.25) is 0 Å². The van der Waals surface area contributed by atoms with Crippen molar-refractivity contribution < 1.29 is 80.2 Å². The molecular formula is C86H164O17P2. The molecule has 0 aromatic carbocycles. The number of phosphoric acid groups is 2. The van der Waals surface area contributed by atoms with Gasteiger partial charge < -0.3 is 33.8 Å². The fraction of sp³-hybridized carbons (Fsp3) is 0.907. The number of hydrogen-bond donors (Lipinski definition) is 3. The summed E-state index contributed by atoms with van der Waals surface area (Å²) in [5, 5.41) is 10.7. The van der Waals surface area contributed by atoms with Gasteiger partial charge in [0, 0.05) is 25.7 Å². The van der Waals surface area contributed by atoms with Crippen molar-refractivity contribution in [2.75, 3.05) is 39.6 Å². The highest BCUT2D eigenvalue weighted by atomic mass is 31.2. The molecule has 0 radical (unpaired) electrons. The lowest BCUT2D eigenvalue weighted by Gasteiger charge is -2.21. The number of unbranched alkanes of at least 4 members (excludes halogenated alkanes) is 56. The molecule has 0 rings (SSSR count). The van der Waals surface area contributed by atoms with Gasteiger partial charge in [-0.25, -0.2) is 9.13 Å². The standard InChI is InChI=1S/C86H164O17P2/c1-5-9-13-17-21-25-28-31-34-36-38-40-41-43-45-48-51-54-57-61-65-69-73-86(91)103-82(77-97-84(89)71-67-63-59-55-52-49-47-44-42-39-37-35-32-29-26-22-18-14-10-6-2)79-101-105(94,95)99-75-80(87)74-98-104(92,93)100-78-81(76-96-83(88)70-66-62-58-24-20-16-12-8-4)102-85(90)72-68-64-60-56-53-50-46-33-30-27-23-19-15-11-7-3/h27,30,33,46,80-82,87H,5-26,28-29,31-32,34-45,47-79H2,1-4H3,(H,92,93)(H,94,95)/b30-27-,46-33-/t80-,81+,82+/m0/s1. The molecule has 0 saturated carbocycles. The smallest absolute Gasteiger partial charge is 0.462 e. The largest absolute Gasteiger partial charge is 0.472 e. The molecule has 5 atom stereocenters. The number of ether oxygens (including phenoxy) is 4. The van der Waals surface area contributed by atoms with Crippen LogP contribution in [0.2, 0.25) is 0 Å². The zero-order valence-corrected chi connectivity index (χ0v) is 70.0. The summed E-state index contributed by atoms with van der Waals surface area (Å²) in [7, 11) is -9.93. The van der Waals surface area contributed by atoms with Gasteiger partial charge in [-0.1, -0.05) is 392 Å². The Hall–Kier alpha value is -2.46. The van der Waals surface area contributed by atoms with Crippen LogP contribution in [0.3, 0.4) is 0 Å². The SMILES string of the molecule is CCCCCC/C=C\C=C/CCCCCCCC(=O)O[C@H](COC(=O)CCCCCCCCCC)COP(=O)(O)OC[C@H](O)COP(=O)(O)OC[C@@H](COC(=O)CCCCCCCCCCCCCCCCCCCCCC)OC(=O)CCCCCCCCCCCCCCCCCCCCCCCC. The Labute approximate surface area is 643 Å². The number of aliphatic hydroxyl groups is 1. The number of rotatable bonds is 85. The van der Waals surface area contributed by atoms with E-state index in [9.17, 15) is 43.2 Å². The molecule has 19 heteroatoms. The third-order valence-corrected chi connectivity index (χ3v) is 21.6. The van der Waals surface area contributed by atoms with Crippen molar-refractivity contribution >= 4 is 39.5 Å². The van der Waals surface area contributed by atoms with E-state index < -0.39 is 97.5 Å². The van der Waals surface area contributed by atoms with Gasteiger partial charge in [0.15, 0.2) is 12.2 Å². The molecule has 17 nitrogen and oxygen atoms in total. The lowest BCUT2D eigenvalue weighted by molar-refractivity contribution is -0.161. The zero-order valence-electron chi connectivity index (χ0n) is 68.2. The fourth-order valence-electron chi connectivity index (χ4n) is 13.0. The first-order valence-corrected chi connectivity index (χ1v) is 47.1. The molecule has 620 valence electrons. The Bertz CT molecular complexity index is 2080. The molecule has 0 bridgehead atoms. The van der Waals surface area contributed by atoms with Crippen LogP contribution in [0, 0.1) is 0 Å². The maximum absolute atomic E-state index is 13.1. The molecule has 0 saturated heterocycles. The Kier molecular flexibility index (Phi) is 77.8. The second-order valence-electron chi connectivity index (χ2n) is 30.2. The molecule has 0 aliphatic rings. The van der Waals surface area contributed by atoms with Crippen molar-refractivity contribution in [1.82, 2.24) is 0 Å². The Balaban J connectivity index is 5.20. The average Bonchev–Trinajstić information content (AvgIpc) is 0.907. The van der Waals surface area contributed by atoms with E-state index in [2.05, 4.69) is 52.0 Å². The van der Waals surface area contributed by atoms with Gasteiger partial charge in [-0.15, -0.1) is 0 Å². The zero-order chi connectivity index (χ0) is 76.7. The van der Waals surface area contributed by atoms with E-state index in [-0.39, 0.29) is 25.7 Å². The van der Waals surface area contributed by atoms with E-state index in [4.69, 9.17) is 37.0 Å². The first kappa shape index (κ1) is 103. The van der Waals surface area contributed by atoms with Crippen LogP contribution in [0.4, 0.5) is 0 Å². The summed E-state index contributed by atoms with van der Waals surface area (Å²) in [6.07, 6.45) is 77.5. The monoisotopic (exact) mass is 1530 g/mol. The van der Waals surface area contributed by atoms with Crippen LogP contribution < -0.4 is 0 Å². The molecule has 3 N–H and O–H groups in total. The van der Waals surface area contributed by atoms with Gasteiger partial charge >= 0.3 is 39.5 Å². The maximum atomic E-state index is 13.1. The highest BCUT2D eigenvalue weighted by molar-refractivity contribution is 7.47. The number of allylic oxidation sites excluding steroid dienone is 4. The summed E-state index contributed by atoms with van der Waals surface area (Å²) < 4.78 is 68.7. The number of carbonyl (C=O) groups excluding carboxylic acids is 4. The van der Waals surface area contributed by atoms with Crippen LogP contribution >= 0.6 is 15.6 Å². The van der Waals surface area contributed by atoms with Crippen molar-refractivity contribution in [2.24, 2.45) is 0 Å². The molecule has 0 aliphatic carbocycles. The first-order chi connectivity index (χ1) is 51.2. The lowest BCUT2D eigenvalue weighted by atomic mass is 10.0. The van der Waals surface area contributed by atoms with Gasteiger partial charge in [-0.3, -0.25) is 37.3 Å². The van der Waals surface area contributed by atoms with Gasteiger partial charge in [0.25, 0.3) is 0 Å². The molecule has 0 spiro atoms. The van der Waals surface area contributed by atoms with Crippen LogP contribution in [-0.4, -0.2) is 96.7 Å². The predicted molar refractivity (Wildman–Crippen MR) is 432 cm³/mol. The summed E-state index contributed by atoms with van der Waals surface area (Å²) >= 11 is 0. The molecule has 105 heavy (non-hydrogen) atoms. The third kappa shape index (κ3) is 79.4. The maximum Gasteiger partial charge on any atom is 0.472 e. The van der Waals surface area contributed by atoms with Crippen molar-refractivity contribution in [1.29, 1.82) is 0 Å². The summed E-state index contributed by atoms with van der Waals surface area (Å²) in [4.78, 5) is 73.1. The fourth-order valence-corrected chi connectivity index (χ4v) is 14.6. The lowest BCUT2D eigenvalue weighted by Crippen LogP contribution is -2.30. The Morgan fingerprint density at radius 3 is 0.695 bits per heavy atom. The first-order valence-electron chi connectivity index (χ1n) is 44.1. The van der Waals surface area contributed by atoms with Crippen LogP contribution in [0.5, 0.6) is 0 Å². The number of phosphoric ester groups is 2. The number of carbonyl (C=O) groups is 4. The van der Waals surface area contributed by atoms with Gasteiger partial charge in [0.05, 0.1) is 26.4 Å². The van der Waals surface area contributed by atoms with E-state index in [0.29, 0.717) is 25.7 Å².